The number of hydrogen-bond acceptors (Lipinski definition) is 3. The molecule has 5 rings (SSSR count). The number of benzene rings is 3. The quantitative estimate of drug-likeness (QED) is 0.361. The summed E-state index contributed by atoms with van der Waals surface area (Å²) >= 11 is 1.71. The Morgan fingerprint density at radius 3 is 2.50 bits per heavy atom. The fourth-order valence-electron chi connectivity index (χ4n) is 3.08. The zero-order valence-corrected chi connectivity index (χ0v) is 14.7. The lowest BCUT2D eigenvalue weighted by molar-refractivity contribution is 1.12. The first-order chi connectivity index (χ1) is 14.8. The van der Waals surface area contributed by atoms with Crippen LogP contribution in [0.5, 0.6) is 0 Å². The van der Waals surface area contributed by atoms with E-state index < -0.39 is 18.1 Å². The summed E-state index contributed by atoms with van der Waals surface area (Å²) in [5.74, 6) is 0.128. The molecular weight excluding hydrogens is 336 g/mol. The molecule has 2 aromatic heterocycles. The van der Waals surface area contributed by atoms with E-state index in [1.165, 1.54) is 15.5 Å². The zero-order chi connectivity index (χ0) is 21.9. The third-order valence-electron chi connectivity index (χ3n) is 4.25. The molecule has 0 aliphatic carbocycles. The van der Waals surface area contributed by atoms with Gasteiger partial charge in [-0.1, -0.05) is 60.5 Å². The largest absolute Gasteiger partial charge is 0.233 e. The second-order valence-corrected chi connectivity index (χ2v) is 7.11. The molecule has 26 heavy (non-hydrogen) atoms. The van der Waals surface area contributed by atoms with Crippen LogP contribution >= 0.6 is 11.3 Å². The molecule has 0 saturated carbocycles. The molecule has 0 bridgehead atoms. The first-order valence-electron chi connectivity index (χ1n) is 10.7. The predicted molar refractivity (Wildman–Crippen MR) is 111 cm³/mol. The highest BCUT2D eigenvalue weighted by Crippen LogP contribution is 2.36. The van der Waals surface area contributed by atoms with Crippen LogP contribution in [0.15, 0.2) is 78.7 Å². The van der Waals surface area contributed by atoms with E-state index in [1.54, 1.807) is 11.3 Å². The predicted octanol–water partition coefficient (Wildman–Crippen LogP) is 6.49. The van der Waals surface area contributed by atoms with E-state index in [0.29, 0.717) is 11.4 Å². The molecule has 0 spiro atoms. The number of aryl methyl sites for hydroxylation is 1. The molecule has 2 heterocycles. The third-order valence-corrected chi connectivity index (χ3v) is 5.39. The highest BCUT2D eigenvalue weighted by atomic mass is 32.1. The van der Waals surface area contributed by atoms with Gasteiger partial charge in [-0.05, 0) is 25.1 Å². The zero-order valence-electron chi connectivity index (χ0n) is 18.9. The van der Waals surface area contributed by atoms with Crippen molar-refractivity contribution in [1.29, 1.82) is 0 Å². The normalized spacial score (nSPS) is 14.0. The van der Waals surface area contributed by atoms with Gasteiger partial charge in [0.25, 0.3) is 0 Å². The van der Waals surface area contributed by atoms with Gasteiger partial charge in [0.15, 0.2) is 5.82 Å². The Hall–Kier alpha value is -3.04. The van der Waals surface area contributed by atoms with Crippen molar-refractivity contribution in [1.82, 2.24) is 9.97 Å². The SMILES string of the molecule is [2H]c1c([2H])c([2H])c(-c2nc(C)cc(-c3ccc4c(c3)sc3ccccc34)n2)c([2H])c1[2H]. The minimum Gasteiger partial charge on any atom is -0.233 e. The highest BCUT2D eigenvalue weighted by molar-refractivity contribution is 7.25. The number of nitrogens with zero attached hydrogens (tertiary/aromatic N) is 2. The van der Waals surface area contributed by atoms with Crippen molar-refractivity contribution in [3.63, 3.8) is 0 Å². The smallest absolute Gasteiger partial charge is 0.160 e. The maximum atomic E-state index is 8.24. The molecule has 3 heteroatoms. The van der Waals surface area contributed by atoms with Crippen LogP contribution in [0.25, 0.3) is 42.8 Å². The van der Waals surface area contributed by atoms with Gasteiger partial charge in [-0.2, -0.15) is 0 Å². The third kappa shape index (κ3) is 2.57. The Bertz CT molecular complexity index is 1480. The van der Waals surface area contributed by atoms with E-state index in [9.17, 15) is 0 Å². The van der Waals surface area contributed by atoms with Gasteiger partial charge in [0, 0.05) is 37.0 Å². The van der Waals surface area contributed by atoms with Crippen molar-refractivity contribution in [3.8, 4) is 22.6 Å². The van der Waals surface area contributed by atoms with Crippen LogP contribution in [-0.2, 0) is 0 Å². The first kappa shape index (κ1) is 10.8. The summed E-state index contributed by atoms with van der Waals surface area (Å²) in [7, 11) is 0. The summed E-state index contributed by atoms with van der Waals surface area (Å²) < 4.78 is 42.5. The summed E-state index contributed by atoms with van der Waals surface area (Å²) in [5.41, 5.74) is 2.20. The molecule has 0 unspecified atom stereocenters. The van der Waals surface area contributed by atoms with Crippen LogP contribution in [0.1, 0.15) is 12.5 Å². The highest BCUT2D eigenvalue weighted by Gasteiger charge is 2.10. The van der Waals surface area contributed by atoms with Crippen molar-refractivity contribution < 1.29 is 6.85 Å². The topological polar surface area (TPSA) is 25.8 Å². The molecule has 3 aromatic carbocycles. The number of thiophene rings is 1. The molecular formula is C23H16N2S. The second-order valence-electron chi connectivity index (χ2n) is 6.03. The molecule has 0 aliphatic heterocycles. The number of fused-ring (bicyclic) bond motifs is 3. The van der Waals surface area contributed by atoms with Gasteiger partial charge < -0.3 is 0 Å². The number of aromatic nitrogens is 2. The molecule has 2 nitrogen and oxygen atoms in total. The lowest BCUT2D eigenvalue weighted by Crippen LogP contribution is -1.94. The lowest BCUT2D eigenvalue weighted by atomic mass is 10.1. The summed E-state index contributed by atoms with van der Waals surface area (Å²) in [4.78, 5) is 8.98. The molecule has 0 fully saturated rings. The Morgan fingerprint density at radius 1 is 0.808 bits per heavy atom. The molecule has 0 radical (unpaired) electrons. The molecule has 0 atom stereocenters. The van der Waals surface area contributed by atoms with E-state index in [2.05, 4.69) is 34.2 Å². The Balaban J connectivity index is 1.71. The van der Waals surface area contributed by atoms with Crippen LogP contribution < -0.4 is 0 Å². The van der Waals surface area contributed by atoms with E-state index in [-0.39, 0.29) is 23.5 Å². The van der Waals surface area contributed by atoms with Crippen molar-refractivity contribution in [2.45, 2.75) is 6.92 Å². The van der Waals surface area contributed by atoms with E-state index in [4.69, 9.17) is 6.85 Å². The van der Waals surface area contributed by atoms with Gasteiger partial charge in [0.05, 0.1) is 12.5 Å². The van der Waals surface area contributed by atoms with Gasteiger partial charge in [-0.3, -0.25) is 0 Å². The summed E-state index contributed by atoms with van der Waals surface area (Å²) in [6, 6.07) is 14.4. The number of hydrogen-bond donors (Lipinski definition) is 0. The molecule has 5 aromatic rings. The summed E-state index contributed by atoms with van der Waals surface area (Å²) in [6.45, 7) is 1.81. The average Bonchev–Trinajstić information content (AvgIpc) is 3.14. The van der Waals surface area contributed by atoms with Gasteiger partial charge in [-0.15, -0.1) is 11.3 Å². The van der Waals surface area contributed by atoms with Crippen LogP contribution in [0, 0.1) is 6.92 Å². The van der Waals surface area contributed by atoms with Gasteiger partial charge in [0.2, 0.25) is 0 Å². The maximum absolute atomic E-state index is 8.24. The van der Waals surface area contributed by atoms with Crippen LogP contribution in [0.4, 0.5) is 0 Å². The second kappa shape index (κ2) is 6.04. The van der Waals surface area contributed by atoms with Crippen LogP contribution in [-0.4, -0.2) is 9.97 Å². The maximum Gasteiger partial charge on any atom is 0.160 e. The van der Waals surface area contributed by atoms with Crippen LogP contribution in [0.2, 0.25) is 0 Å². The van der Waals surface area contributed by atoms with E-state index >= 15 is 0 Å². The van der Waals surface area contributed by atoms with Gasteiger partial charge in [0.1, 0.15) is 0 Å². The molecule has 0 N–H and O–H groups in total. The number of rotatable bonds is 2. The summed E-state index contributed by atoms with van der Waals surface area (Å²) in [5, 5.41) is 2.40. The minimum atomic E-state index is -0.429. The summed E-state index contributed by atoms with van der Waals surface area (Å²) in [6.07, 6.45) is 0. The van der Waals surface area contributed by atoms with E-state index in [1.807, 2.05) is 31.2 Å². The Labute approximate surface area is 162 Å². The standard InChI is InChI=1S/C23H16N2S/c1-15-13-20(25-23(24-15)16-7-3-2-4-8-16)17-11-12-19-18-9-5-6-10-21(18)26-22(19)14-17/h2-14H,1H3/i2D,3D,4D,7D,8D. The van der Waals surface area contributed by atoms with Gasteiger partial charge in [-0.25, -0.2) is 9.97 Å². The van der Waals surface area contributed by atoms with Crippen molar-refractivity contribution >= 4 is 31.5 Å². The van der Waals surface area contributed by atoms with Crippen molar-refractivity contribution in [3.05, 3.63) is 84.4 Å². The fourth-order valence-corrected chi connectivity index (χ4v) is 4.22. The Morgan fingerprint density at radius 2 is 1.62 bits per heavy atom. The minimum absolute atomic E-state index is 0.0129. The molecule has 0 aliphatic rings. The van der Waals surface area contributed by atoms with Gasteiger partial charge >= 0.3 is 0 Å². The lowest BCUT2D eigenvalue weighted by Gasteiger charge is -2.07. The van der Waals surface area contributed by atoms with Crippen LogP contribution in [0.3, 0.4) is 0 Å². The van der Waals surface area contributed by atoms with Crippen molar-refractivity contribution in [2.24, 2.45) is 0 Å². The molecule has 0 amide bonds. The fraction of sp³-hybridized carbons (Fsp3) is 0.0435. The average molecular weight is 357 g/mol. The van der Waals surface area contributed by atoms with E-state index in [0.717, 1.165) is 10.3 Å². The molecule has 0 saturated heterocycles. The molecule has 124 valence electrons. The van der Waals surface area contributed by atoms with Crippen molar-refractivity contribution in [2.75, 3.05) is 0 Å². The monoisotopic (exact) mass is 357 g/mol. The Kier molecular flexibility index (Phi) is 2.52. The first-order valence-corrected chi connectivity index (χ1v) is 9.01.